The molecular weight excluding hydrogens is 562 g/mol. The molecule has 3 aromatic heterocycles. The summed E-state index contributed by atoms with van der Waals surface area (Å²) in [7, 11) is -2.28. The van der Waals surface area contributed by atoms with Gasteiger partial charge in [0.05, 0.1) is 24.5 Å². The van der Waals surface area contributed by atoms with Gasteiger partial charge in [0, 0.05) is 30.1 Å². The predicted octanol–water partition coefficient (Wildman–Crippen LogP) is 4.68. The SMILES string of the molecule is COc1ccc2nc(NC(=O)C(CC3CCCC3)c3ccc(S(=O)(=O)NCc4cc(C)ncc4CO)cc3)sc2n1. The number of fused-ring (bicyclic) bond motifs is 1. The Balaban J connectivity index is 1.33. The third kappa shape index (κ3) is 6.89. The lowest BCUT2D eigenvalue weighted by Gasteiger charge is -2.20. The zero-order valence-corrected chi connectivity index (χ0v) is 24.6. The lowest BCUT2D eigenvalue weighted by molar-refractivity contribution is -0.118. The number of amides is 1. The molecule has 10 nitrogen and oxygen atoms in total. The van der Waals surface area contributed by atoms with Gasteiger partial charge in [-0.2, -0.15) is 0 Å². The number of aliphatic hydroxyl groups excluding tert-OH is 1. The van der Waals surface area contributed by atoms with Crippen LogP contribution in [0.1, 0.15) is 60.4 Å². The third-order valence-electron chi connectivity index (χ3n) is 7.46. The van der Waals surface area contributed by atoms with Gasteiger partial charge in [-0.15, -0.1) is 0 Å². The van der Waals surface area contributed by atoms with Crippen LogP contribution >= 0.6 is 11.3 Å². The summed E-state index contributed by atoms with van der Waals surface area (Å²) in [6, 6.07) is 11.8. The molecule has 4 aromatic rings. The third-order valence-corrected chi connectivity index (χ3v) is 9.76. The first kappa shape index (κ1) is 29.1. The molecule has 0 saturated heterocycles. The lowest BCUT2D eigenvalue weighted by Crippen LogP contribution is -2.25. The fourth-order valence-electron chi connectivity index (χ4n) is 5.22. The molecule has 1 atom stereocenters. The molecule has 0 radical (unpaired) electrons. The summed E-state index contributed by atoms with van der Waals surface area (Å²) in [5.41, 5.74) is 3.39. The number of aryl methyl sites for hydroxylation is 1. The lowest BCUT2D eigenvalue weighted by atomic mass is 9.87. The number of anilines is 1. The largest absolute Gasteiger partial charge is 0.481 e. The number of pyridine rings is 2. The Morgan fingerprint density at radius 3 is 2.59 bits per heavy atom. The topological polar surface area (TPSA) is 143 Å². The van der Waals surface area contributed by atoms with Crippen LogP contribution in [0, 0.1) is 12.8 Å². The van der Waals surface area contributed by atoms with Crippen LogP contribution in [-0.4, -0.2) is 41.5 Å². The number of benzene rings is 1. The van der Waals surface area contributed by atoms with Gasteiger partial charge in [0.25, 0.3) is 0 Å². The molecule has 0 aliphatic heterocycles. The molecule has 3 heterocycles. The number of hydrogen-bond acceptors (Lipinski definition) is 9. The Morgan fingerprint density at radius 1 is 1.12 bits per heavy atom. The first-order valence-electron chi connectivity index (χ1n) is 13.5. The van der Waals surface area contributed by atoms with E-state index in [0.717, 1.165) is 36.9 Å². The minimum absolute atomic E-state index is 0.0267. The fraction of sp³-hybridized carbons (Fsp3) is 0.379. The molecule has 1 unspecified atom stereocenters. The van der Waals surface area contributed by atoms with Crippen LogP contribution in [0.2, 0.25) is 0 Å². The monoisotopic (exact) mass is 595 g/mol. The number of hydrogen-bond donors (Lipinski definition) is 3. The number of methoxy groups -OCH3 is 1. The number of carbonyl (C=O) groups is 1. The molecule has 1 aliphatic carbocycles. The van der Waals surface area contributed by atoms with E-state index >= 15 is 0 Å². The molecule has 1 aliphatic rings. The summed E-state index contributed by atoms with van der Waals surface area (Å²) >= 11 is 1.28. The van der Waals surface area contributed by atoms with Crippen molar-refractivity contribution in [2.24, 2.45) is 5.92 Å². The van der Waals surface area contributed by atoms with Crippen LogP contribution in [0.25, 0.3) is 10.3 Å². The smallest absolute Gasteiger partial charge is 0.240 e. The average molecular weight is 596 g/mol. The Labute approximate surface area is 243 Å². The molecule has 5 rings (SSSR count). The van der Waals surface area contributed by atoms with Gasteiger partial charge in [0.2, 0.25) is 21.8 Å². The highest BCUT2D eigenvalue weighted by atomic mass is 32.2. The van der Waals surface area contributed by atoms with Gasteiger partial charge >= 0.3 is 0 Å². The molecule has 216 valence electrons. The van der Waals surface area contributed by atoms with Gasteiger partial charge in [0.15, 0.2) is 5.13 Å². The first-order valence-corrected chi connectivity index (χ1v) is 15.8. The summed E-state index contributed by atoms with van der Waals surface area (Å²) in [5.74, 6) is 0.277. The molecule has 1 fully saturated rings. The van der Waals surface area contributed by atoms with Crippen LogP contribution in [0.15, 0.2) is 53.6 Å². The van der Waals surface area contributed by atoms with Crippen LogP contribution in [0.5, 0.6) is 5.88 Å². The highest BCUT2D eigenvalue weighted by molar-refractivity contribution is 7.89. The van der Waals surface area contributed by atoms with Crippen LogP contribution < -0.4 is 14.8 Å². The fourth-order valence-corrected chi connectivity index (χ4v) is 7.06. The molecule has 1 amide bonds. The summed E-state index contributed by atoms with van der Waals surface area (Å²) in [5, 5.41) is 13.0. The van der Waals surface area contributed by atoms with E-state index in [9.17, 15) is 18.3 Å². The van der Waals surface area contributed by atoms with E-state index in [1.807, 2.05) is 0 Å². The molecule has 0 bridgehead atoms. The standard InChI is InChI=1S/C29H33N5O5S2/c1-18-13-21(22(17-35)15-30-18)16-31-41(37,38)23-9-7-20(8-10-23)24(14-19-5-3-4-6-19)27(36)34-29-32-25-11-12-26(39-2)33-28(25)40-29/h7-13,15,19,24,31,35H,3-6,14,16-17H2,1-2H3,(H,32,34,36). The minimum Gasteiger partial charge on any atom is -0.481 e. The van der Waals surface area contributed by atoms with Crippen LogP contribution in [-0.2, 0) is 28.0 Å². The average Bonchev–Trinajstić information content (AvgIpc) is 3.64. The molecule has 41 heavy (non-hydrogen) atoms. The van der Waals surface area contributed by atoms with Crippen molar-refractivity contribution < 1.29 is 23.1 Å². The Hall–Kier alpha value is -3.45. The van der Waals surface area contributed by atoms with E-state index in [0.29, 0.717) is 44.8 Å². The summed E-state index contributed by atoms with van der Waals surface area (Å²) in [4.78, 5) is 27.4. The van der Waals surface area contributed by atoms with Gasteiger partial charge in [0.1, 0.15) is 10.3 Å². The van der Waals surface area contributed by atoms with Crippen molar-refractivity contribution in [1.82, 2.24) is 19.7 Å². The van der Waals surface area contributed by atoms with Crippen molar-refractivity contribution >= 4 is 42.7 Å². The highest BCUT2D eigenvalue weighted by Crippen LogP contribution is 2.36. The van der Waals surface area contributed by atoms with E-state index in [-0.39, 0.29) is 24.0 Å². The van der Waals surface area contributed by atoms with E-state index < -0.39 is 15.9 Å². The second-order valence-corrected chi connectivity index (χ2v) is 13.0. The van der Waals surface area contributed by atoms with Crippen molar-refractivity contribution in [3.8, 4) is 5.88 Å². The van der Waals surface area contributed by atoms with Gasteiger partial charge in [-0.1, -0.05) is 49.2 Å². The van der Waals surface area contributed by atoms with Crippen LogP contribution in [0.3, 0.4) is 0 Å². The first-order chi connectivity index (χ1) is 19.8. The maximum absolute atomic E-state index is 13.6. The molecular formula is C29H33N5O5S2. The van der Waals surface area contributed by atoms with Gasteiger partial charge in [-0.25, -0.2) is 23.1 Å². The summed E-state index contributed by atoms with van der Waals surface area (Å²) < 4.78 is 33.9. The number of thiazole rings is 1. The van der Waals surface area contributed by atoms with Gasteiger partial charge < -0.3 is 15.2 Å². The van der Waals surface area contributed by atoms with Gasteiger partial charge in [-0.3, -0.25) is 9.78 Å². The molecule has 3 N–H and O–H groups in total. The van der Waals surface area contributed by atoms with Crippen molar-refractivity contribution in [2.45, 2.75) is 63.0 Å². The van der Waals surface area contributed by atoms with Crippen molar-refractivity contribution in [3.63, 3.8) is 0 Å². The number of aliphatic hydroxyl groups is 1. The quantitative estimate of drug-likeness (QED) is 0.227. The Kier molecular flexibility index (Phi) is 8.93. The zero-order valence-electron chi connectivity index (χ0n) is 23.0. The zero-order chi connectivity index (χ0) is 29.0. The predicted molar refractivity (Wildman–Crippen MR) is 157 cm³/mol. The molecule has 12 heteroatoms. The van der Waals surface area contributed by atoms with Gasteiger partial charge in [-0.05, 0) is 54.7 Å². The maximum Gasteiger partial charge on any atom is 0.240 e. The molecule has 1 saturated carbocycles. The van der Waals surface area contributed by atoms with Crippen molar-refractivity contribution in [3.05, 3.63) is 71.0 Å². The number of rotatable bonds is 11. The van der Waals surface area contributed by atoms with E-state index in [1.54, 1.807) is 50.6 Å². The number of nitrogens with zero attached hydrogens (tertiary/aromatic N) is 3. The molecule has 1 aromatic carbocycles. The Morgan fingerprint density at radius 2 is 1.88 bits per heavy atom. The number of nitrogens with one attached hydrogen (secondary N) is 2. The summed E-state index contributed by atoms with van der Waals surface area (Å²) in [6.07, 6.45) is 6.69. The minimum atomic E-state index is -3.83. The number of carbonyl (C=O) groups excluding carboxylic acids is 1. The Bertz CT molecular complexity index is 1630. The second-order valence-electron chi connectivity index (χ2n) is 10.3. The number of ether oxygens (including phenoxy) is 1. The van der Waals surface area contributed by atoms with E-state index in [1.165, 1.54) is 23.5 Å². The summed E-state index contributed by atoms with van der Waals surface area (Å²) in [6.45, 7) is 1.60. The van der Waals surface area contributed by atoms with Crippen molar-refractivity contribution in [1.29, 1.82) is 0 Å². The van der Waals surface area contributed by atoms with E-state index in [2.05, 4.69) is 25.0 Å². The van der Waals surface area contributed by atoms with Crippen LogP contribution in [0.4, 0.5) is 5.13 Å². The maximum atomic E-state index is 13.6. The number of sulfonamides is 1. The normalized spacial score (nSPS) is 14.8. The highest BCUT2D eigenvalue weighted by Gasteiger charge is 2.28. The van der Waals surface area contributed by atoms with E-state index in [4.69, 9.17) is 4.74 Å². The second kappa shape index (κ2) is 12.6. The van der Waals surface area contributed by atoms with Crippen molar-refractivity contribution in [2.75, 3.05) is 12.4 Å². The number of aromatic nitrogens is 3. The molecule has 0 spiro atoms.